The van der Waals surface area contributed by atoms with Gasteiger partial charge in [0, 0.05) is 25.5 Å². The van der Waals surface area contributed by atoms with E-state index in [0.717, 1.165) is 0 Å². The fraction of sp³-hybridized carbons (Fsp3) is 0.529. The summed E-state index contributed by atoms with van der Waals surface area (Å²) in [7, 11) is 2.67. The minimum atomic E-state index is -0.898. The summed E-state index contributed by atoms with van der Waals surface area (Å²) in [6.07, 6.45) is -0.980. The zero-order chi connectivity index (χ0) is 18.4. The Morgan fingerprint density at radius 1 is 1.28 bits per heavy atom. The van der Waals surface area contributed by atoms with Gasteiger partial charge in [0.2, 0.25) is 5.91 Å². The number of methoxy groups -OCH3 is 2. The summed E-state index contributed by atoms with van der Waals surface area (Å²) in [4.78, 5) is 24.7. The number of carbonyl (C=O) groups excluding carboxylic acids is 2. The van der Waals surface area contributed by atoms with Gasteiger partial charge >= 0.3 is 5.97 Å². The number of piperidine rings is 1. The standard InChI is InChI=1S/C17H22FNO6/c1-23-15-9-11(18)3-4-14(15)25-13-7-8-19(10-12(13)20)16(21)5-6-17(22)24-2/h3-4,9,12-13,20H,5-8,10H2,1-2H3/t12-,13-/m1/s1. The Morgan fingerprint density at radius 2 is 2.04 bits per heavy atom. The number of ether oxygens (including phenoxy) is 3. The van der Waals surface area contributed by atoms with Gasteiger partial charge in [0.25, 0.3) is 0 Å². The highest BCUT2D eigenvalue weighted by molar-refractivity contribution is 5.81. The third kappa shape index (κ3) is 5.06. The number of likely N-dealkylation sites (tertiary alicyclic amines) is 1. The number of carbonyl (C=O) groups is 2. The van der Waals surface area contributed by atoms with Crippen LogP contribution in [0.5, 0.6) is 11.5 Å². The van der Waals surface area contributed by atoms with Crippen molar-refractivity contribution in [2.75, 3.05) is 27.3 Å². The van der Waals surface area contributed by atoms with Gasteiger partial charge in [0.1, 0.15) is 18.0 Å². The number of aliphatic hydroxyl groups is 1. The molecule has 7 nitrogen and oxygen atoms in total. The van der Waals surface area contributed by atoms with Crippen molar-refractivity contribution in [3.8, 4) is 11.5 Å². The second-order valence-electron chi connectivity index (χ2n) is 5.72. The molecule has 0 radical (unpaired) electrons. The molecule has 1 fully saturated rings. The minimum Gasteiger partial charge on any atom is -0.493 e. The van der Waals surface area contributed by atoms with Crippen LogP contribution in [-0.4, -0.2) is 61.4 Å². The van der Waals surface area contributed by atoms with Crippen LogP contribution in [0.2, 0.25) is 0 Å². The molecule has 2 rings (SSSR count). The number of amides is 1. The first-order chi connectivity index (χ1) is 11.9. The highest BCUT2D eigenvalue weighted by Gasteiger charge is 2.32. The Morgan fingerprint density at radius 3 is 2.68 bits per heavy atom. The molecule has 1 saturated heterocycles. The number of rotatable bonds is 6. The van der Waals surface area contributed by atoms with E-state index in [1.165, 1.54) is 37.3 Å². The van der Waals surface area contributed by atoms with Crippen LogP contribution >= 0.6 is 0 Å². The number of halogens is 1. The normalized spacial score (nSPS) is 20.1. The number of esters is 1. The molecule has 8 heteroatoms. The highest BCUT2D eigenvalue weighted by Crippen LogP contribution is 2.30. The summed E-state index contributed by atoms with van der Waals surface area (Å²) in [5.74, 6) is -0.546. The Balaban J connectivity index is 1.91. The Kier molecular flexibility index (Phi) is 6.58. The molecule has 1 aromatic rings. The van der Waals surface area contributed by atoms with Crippen molar-refractivity contribution in [1.29, 1.82) is 0 Å². The SMILES string of the molecule is COC(=O)CCC(=O)N1CC[C@@H](Oc2ccc(F)cc2OC)[C@H](O)C1. The molecule has 0 bridgehead atoms. The van der Waals surface area contributed by atoms with E-state index < -0.39 is 24.0 Å². The van der Waals surface area contributed by atoms with E-state index in [-0.39, 0.29) is 31.0 Å². The molecule has 0 spiro atoms. The second-order valence-corrected chi connectivity index (χ2v) is 5.72. The van der Waals surface area contributed by atoms with Crippen LogP contribution in [0.25, 0.3) is 0 Å². The van der Waals surface area contributed by atoms with Crippen LogP contribution in [0.4, 0.5) is 4.39 Å². The van der Waals surface area contributed by atoms with E-state index in [9.17, 15) is 19.1 Å². The third-order valence-corrected chi connectivity index (χ3v) is 4.05. The molecule has 1 aliphatic heterocycles. The summed E-state index contributed by atoms with van der Waals surface area (Å²) in [5, 5.41) is 10.3. The average molecular weight is 355 g/mol. The molecule has 0 aromatic heterocycles. The largest absolute Gasteiger partial charge is 0.493 e. The maximum atomic E-state index is 13.2. The van der Waals surface area contributed by atoms with Crippen LogP contribution in [0, 0.1) is 5.82 Å². The van der Waals surface area contributed by atoms with Gasteiger partial charge in [0.05, 0.1) is 27.2 Å². The van der Waals surface area contributed by atoms with E-state index >= 15 is 0 Å². The van der Waals surface area contributed by atoms with Gasteiger partial charge < -0.3 is 24.2 Å². The molecule has 0 saturated carbocycles. The fourth-order valence-electron chi connectivity index (χ4n) is 2.65. The summed E-state index contributed by atoms with van der Waals surface area (Å²) in [5.41, 5.74) is 0. The predicted octanol–water partition coefficient (Wildman–Crippen LogP) is 1.13. The van der Waals surface area contributed by atoms with E-state index in [2.05, 4.69) is 4.74 Å². The maximum Gasteiger partial charge on any atom is 0.306 e. The first-order valence-electron chi connectivity index (χ1n) is 7.97. The van der Waals surface area contributed by atoms with Gasteiger partial charge in [-0.1, -0.05) is 0 Å². The molecular weight excluding hydrogens is 333 g/mol. The van der Waals surface area contributed by atoms with Crippen LogP contribution < -0.4 is 9.47 Å². The van der Waals surface area contributed by atoms with Gasteiger partial charge in [-0.05, 0) is 12.1 Å². The number of hydrogen-bond acceptors (Lipinski definition) is 6. The number of aliphatic hydroxyl groups excluding tert-OH is 1. The quantitative estimate of drug-likeness (QED) is 0.770. The Bertz CT molecular complexity index is 623. The second kappa shape index (κ2) is 8.66. The molecule has 1 amide bonds. The Labute approximate surface area is 145 Å². The molecule has 1 aliphatic rings. The first kappa shape index (κ1) is 19.0. The van der Waals surface area contributed by atoms with Crippen molar-refractivity contribution in [3.05, 3.63) is 24.0 Å². The van der Waals surface area contributed by atoms with Crippen LogP contribution in [-0.2, 0) is 14.3 Å². The molecule has 25 heavy (non-hydrogen) atoms. The van der Waals surface area contributed by atoms with Crippen molar-refractivity contribution < 1.29 is 33.3 Å². The molecule has 1 heterocycles. The summed E-state index contributed by atoms with van der Waals surface area (Å²) in [6.45, 7) is 0.499. The molecule has 0 aliphatic carbocycles. The van der Waals surface area contributed by atoms with Crippen LogP contribution in [0.15, 0.2) is 18.2 Å². The average Bonchev–Trinajstić information content (AvgIpc) is 2.62. The lowest BCUT2D eigenvalue weighted by Gasteiger charge is -2.36. The lowest BCUT2D eigenvalue weighted by atomic mass is 10.0. The molecule has 138 valence electrons. The smallest absolute Gasteiger partial charge is 0.306 e. The summed E-state index contributed by atoms with van der Waals surface area (Å²) >= 11 is 0. The zero-order valence-corrected chi connectivity index (χ0v) is 14.2. The highest BCUT2D eigenvalue weighted by atomic mass is 19.1. The maximum absolute atomic E-state index is 13.2. The topological polar surface area (TPSA) is 85.3 Å². The van der Waals surface area contributed by atoms with Crippen molar-refractivity contribution in [2.45, 2.75) is 31.5 Å². The lowest BCUT2D eigenvalue weighted by molar-refractivity contribution is -0.145. The van der Waals surface area contributed by atoms with Crippen LogP contribution in [0.3, 0.4) is 0 Å². The number of benzene rings is 1. The monoisotopic (exact) mass is 355 g/mol. The van der Waals surface area contributed by atoms with Gasteiger partial charge in [-0.2, -0.15) is 0 Å². The Hall–Kier alpha value is -2.35. The summed E-state index contributed by atoms with van der Waals surface area (Å²) in [6, 6.07) is 3.89. The van der Waals surface area contributed by atoms with E-state index in [0.29, 0.717) is 18.7 Å². The number of hydrogen-bond donors (Lipinski definition) is 1. The van der Waals surface area contributed by atoms with Crippen molar-refractivity contribution >= 4 is 11.9 Å². The first-order valence-corrected chi connectivity index (χ1v) is 7.97. The summed E-state index contributed by atoms with van der Waals surface area (Å²) < 4.78 is 28.5. The molecule has 0 unspecified atom stereocenters. The number of nitrogens with zero attached hydrogens (tertiary/aromatic N) is 1. The van der Waals surface area contributed by atoms with Gasteiger partial charge in [0.15, 0.2) is 11.5 Å². The van der Waals surface area contributed by atoms with Gasteiger partial charge in [-0.15, -0.1) is 0 Å². The fourth-order valence-corrected chi connectivity index (χ4v) is 2.65. The van der Waals surface area contributed by atoms with Gasteiger partial charge in [-0.3, -0.25) is 9.59 Å². The molecule has 2 atom stereocenters. The zero-order valence-electron chi connectivity index (χ0n) is 14.2. The van der Waals surface area contributed by atoms with Gasteiger partial charge in [-0.25, -0.2) is 4.39 Å². The van der Waals surface area contributed by atoms with Crippen molar-refractivity contribution in [1.82, 2.24) is 4.90 Å². The number of β-amino-alcohol motifs (C(OH)–C–C–N with tert-alkyl or cyclic N) is 1. The molecular formula is C17H22FNO6. The van der Waals surface area contributed by atoms with Crippen molar-refractivity contribution in [2.24, 2.45) is 0 Å². The predicted molar refractivity (Wildman–Crippen MR) is 85.8 cm³/mol. The minimum absolute atomic E-state index is 0.00857. The lowest BCUT2D eigenvalue weighted by Crippen LogP contribution is -2.51. The third-order valence-electron chi connectivity index (χ3n) is 4.05. The van der Waals surface area contributed by atoms with E-state index in [4.69, 9.17) is 9.47 Å². The van der Waals surface area contributed by atoms with Crippen LogP contribution in [0.1, 0.15) is 19.3 Å². The molecule has 1 aromatic carbocycles. The molecule has 1 N–H and O–H groups in total. The van der Waals surface area contributed by atoms with Crippen molar-refractivity contribution in [3.63, 3.8) is 0 Å². The van der Waals surface area contributed by atoms with E-state index in [1.807, 2.05) is 0 Å². The van der Waals surface area contributed by atoms with E-state index in [1.54, 1.807) is 0 Å².